The van der Waals surface area contributed by atoms with Crippen molar-refractivity contribution in [2.45, 2.75) is 6.36 Å². The van der Waals surface area contributed by atoms with Crippen molar-refractivity contribution in [1.82, 2.24) is 9.88 Å². The highest BCUT2D eigenvalue weighted by Crippen LogP contribution is 2.23. The number of amides is 2. The summed E-state index contributed by atoms with van der Waals surface area (Å²) < 4.78 is 40.3. The number of ether oxygens (including phenoxy) is 1. The molecule has 0 atom stereocenters. The predicted molar refractivity (Wildman–Crippen MR) is 97.5 cm³/mol. The first-order valence-electron chi connectivity index (χ1n) is 8.99. The molecule has 7 nitrogen and oxygen atoms in total. The maximum Gasteiger partial charge on any atom is 0.573 e. The van der Waals surface area contributed by atoms with E-state index in [0.717, 1.165) is 17.0 Å². The van der Waals surface area contributed by atoms with E-state index in [-0.39, 0.29) is 24.1 Å². The van der Waals surface area contributed by atoms with Gasteiger partial charge in [-0.25, -0.2) is 0 Å². The van der Waals surface area contributed by atoms with Crippen LogP contribution in [0.3, 0.4) is 0 Å². The SMILES string of the molecule is O=C(C[NH+]1CCN(C(=O)c2ccncc2)CC1)Nc1ccc(OC(F)(F)F)cc1. The van der Waals surface area contributed by atoms with Crippen molar-refractivity contribution in [1.29, 1.82) is 0 Å². The molecule has 154 valence electrons. The summed E-state index contributed by atoms with van der Waals surface area (Å²) in [4.78, 5) is 31.3. The number of anilines is 1. The average molecular weight is 409 g/mol. The zero-order valence-electron chi connectivity index (χ0n) is 15.4. The molecule has 29 heavy (non-hydrogen) atoms. The quantitative estimate of drug-likeness (QED) is 0.772. The fourth-order valence-electron chi connectivity index (χ4n) is 3.05. The minimum Gasteiger partial charge on any atom is -0.406 e. The van der Waals surface area contributed by atoms with Crippen LogP contribution in [0.25, 0.3) is 0 Å². The maximum absolute atomic E-state index is 12.4. The molecule has 1 aromatic carbocycles. The Labute approximate surface area is 165 Å². The number of aromatic nitrogens is 1. The molecule has 0 radical (unpaired) electrons. The second kappa shape index (κ2) is 8.91. The first-order valence-corrected chi connectivity index (χ1v) is 8.99. The molecule has 1 saturated heterocycles. The van der Waals surface area contributed by atoms with Gasteiger partial charge in [-0.15, -0.1) is 13.2 Å². The molecular formula is C19H20F3N4O3+. The van der Waals surface area contributed by atoms with Gasteiger partial charge in [-0.05, 0) is 36.4 Å². The number of nitrogens with one attached hydrogen (secondary N) is 2. The molecule has 0 aliphatic carbocycles. The Morgan fingerprint density at radius 2 is 1.69 bits per heavy atom. The molecule has 2 aromatic rings. The van der Waals surface area contributed by atoms with Gasteiger partial charge >= 0.3 is 6.36 Å². The number of nitrogens with zero attached hydrogens (tertiary/aromatic N) is 2. The monoisotopic (exact) mass is 409 g/mol. The van der Waals surface area contributed by atoms with Gasteiger partial charge in [0.2, 0.25) is 0 Å². The molecule has 0 saturated carbocycles. The highest BCUT2D eigenvalue weighted by Gasteiger charge is 2.31. The van der Waals surface area contributed by atoms with Gasteiger partial charge in [0.25, 0.3) is 11.8 Å². The van der Waals surface area contributed by atoms with Gasteiger partial charge < -0.3 is 19.9 Å². The summed E-state index contributed by atoms with van der Waals surface area (Å²) in [5, 5.41) is 2.66. The molecule has 1 aliphatic rings. The number of hydrogen-bond acceptors (Lipinski definition) is 4. The molecule has 1 fully saturated rings. The third-order valence-corrected chi connectivity index (χ3v) is 4.47. The van der Waals surface area contributed by atoms with Gasteiger partial charge in [0.05, 0.1) is 26.2 Å². The number of carbonyl (C=O) groups excluding carboxylic acids is 2. The molecule has 2 heterocycles. The summed E-state index contributed by atoms with van der Waals surface area (Å²) in [5.74, 6) is -0.661. The minimum absolute atomic E-state index is 0.0583. The lowest BCUT2D eigenvalue weighted by Crippen LogP contribution is -3.15. The summed E-state index contributed by atoms with van der Waals surface area (Å²) in [6.07, 6.45) is -1.61. The van der Waals surface area contributed by atoms with Crippen molar-refractivity contribution < 1.29 is 32.4 Å². The van der Waals surface area contributed by atoms with Crippen LogP contribution in [0.2, 0.25) is 0 Å². The van der Waals surface area contributed by atoms with Gasteiger partial charge in [-0.1, -0.05) is 0 Å². The molecule has 10 heteroatoms. The van der Waals surface area contributed by atoms with E-state index >= 15 is 0 Å². The maximum atomic E-state index is 12.4. The van der Waals surface area contributed by atoms with E-state index in [1.165, 1.54) is 12.1 Å². The van der Waals surface area contributed by atoms with Crippen LogP contribution in [0.5, 0.6) is 5.75 Å². The normalized spacial score (nSPS) is 15.1. The van der Waals surface area contributed by atoms with Crippen LogP contribution in [0.4, 0.5) is 18.9 Å². The fourth-order valence-corrected chi connectivity index (χ4v) is 3.05. The van der Waals surface area contributed by atoms with Crippen molar-refractivity contribution in [2.75, 3.05) is 38.0 Å². The number of alkyl halides is 3. The minimum atomic E-state index is -4.75. The number of hydrogen-bond donors (Lipinski definition) is 2. The van der Waals surface area contributed by atoms with Crippen molar-refractivity contribution in [3.8, 4) is 5.75 Å². The van der Waals surface area contributed by atoms with Gasteiger partial charge in [0.1, 0.15) is 5.75 Å². The van der Waals surface area contributed by atoms with Gasteiger partial charge in [0.15, 0.2) is 6.54 Å². The third kappa shape index (κ3) is 6.18. The van der Waals surface area contributed by atoms with E-state index in [1.807, 2.05) is 0 Å². The first kappa shape index (κ1) is 20.6. The second-order valence-electron chi connectivity index (χ2n) is 6.58. The number of piperazine rings is 1. The lowest BCUT2D eigenvalue weighted by atomic mass is 10.2. The third-order valence-electron chi connectivity index (χ3n) is 4.47. The predicted octanol–water partition coefficient (Wildman–Crippen LogP) is 0.960. The van der Waals surface area contributed by atoms with E-state index in [1.54, 1.807) is 29.4 Å². The standard InChI is InChI=1S/C19H19F3N4O3/c20-19(21,22)29-16-3-1-15(2-4-16)24-17(27)13-25-9-11-26(12-10-25)18(28)14-5-7-23-8-6-14/h1-8H,9-13H2,(H,24,27)/p+1. The second-order valence-corrected chi connectivity index (χ2v) is 6.58. The summed E-state index contributed by atoms with van der Waals surface area (Å²) >= 11 is 0. The number of quaternary nitrogens is 1. The van der Waals surface area contributed by atoms with Crippen LogP contribution in [-0.4, -0.2) is 60.8 Å². The van der Waals surface area contributed by atoms with Gasteiger partial charge in [-0.3, -0.25) is 14.6 Å². The Hall–Kier alpha value is -3.14. The molecule has 2 N–H and O–H groups in total. The van der Waals surface area contributed by atoms with E-state index in [2.05, 4.69) is 15.0 Å². The summed E-state index contributed by atoms with van der Waals surface area (Å²) in [5.41, 5.74) is 0.967. The zero-order chi connectivity index (χ0) is 20.9. The number of pyridine rings is 1. The smallest absolute Gasteiger partial charge is 0.406 e. The lowest BCUT2D eigenvalue weighted by Gasteiger charge is -2.31. The number of carbonyl (C=O) groups is 2. The van der Waals surface area contributed by atoms with Crippen LogP contribution in [0, 0.1) is 0 Å². The highest BCUT2D eigenvalue weighted by molar-refractivity contribution is 5.94. The Morgan fingerprint density at radius 1 is 1.07 bits per heavy atom. The van der Waals surface area contributed by atoms with Crippen molar-refractivity contribution >= 4 is 17.5 Å². The first-order chi connectivity index (χ1) is 13.8. The lowest BCUT2D eigenvalue weighted by molar-refractivity contribution is -0.895. The van der Waals surface area contributed by atoms with Crippen LogP contribution in [-0.2, 0) is 4.79 Å². The Bertz CT molecular complexity index is 836. The number of rotatable bonds is 5. The van der Waals surface area contributed by atoms with Crippen LogP contribution < -0.4 is 15.0 Å². The average Bonchev–Trinajstić information content (AvgIpc) is 2.69. The molecule has 1 aliphatic heterocycles. The Balaban J connectivity index is 1.44. The molecule has 0 unspecified atom stereocenters. The Kier molecular flexibility index (Phi) is 6.32. The molecule has 1 aromatic heterocycles. The van der Waals surface area contributed by atoms with Crippen molar-refractivity contribution in [3.63, 3.8) is 0 Å². The topological polar surface area (TPSA) is 76.0 Å². The van der Waals surface area contributed by atoms with Crippen LogP contribution >= 0.6 is 0 Å². The largest absolute Gasteiger partial charge is 0.573 e. The number of benzene rings is 1. The van der Waals surface area contributed by atoms with E-state index in [9.17, 15) is 22.8 Å². The van der Waals surface area contributed by atoms with E-state index in [4.69, 9.17) is 0 Å². The summed E-state index contributed by atoms with van der Waals surface area (Å²) in [6, 6.07) is 8.30. The van der Waals surface area contributed by atoms with Crippen molar-refractivity contribution in [3.05, 3.63) is 54.4 Å². The van der Waals surface area contributed by atoms with E-state index < -0.39 is 6.36 Å². The summed E-state index contributed by atoms with van der Waals surface area (Å²) in [7, 11) is 0. The molecule has 0 spiro atoms. The highest BCUT2D eigenvalue weighted by atomic mass is 19.4. The molecule has 3 rings (SSSR count). The van der Waals surface area contributed by atoms with Gasteiger partial charge in [0, 0.05) is 23.6 Å². The molecular weight excluding hydrogens is 389 g/mol. The number of halogens is 3. The zero-order valence-corrected chi connectivity index (χ0v) is 15.4. The summed E-state index contributed by atoms with van der Waals surface area (Å²) in [6.45, 7) is 2.53. The van der Waals surface area contributed by atoms with Gasteiger partial charge in [-0.2, -0.15) is 0 Å². The molecule has 2 amide bonds. The fraction of sp³-hybridized carbons (Fsp3) is 0.316. The Morgan fingerprint density at radius 3 is 2.28 bits per heavy atom. The van der Waals surface area contributed by atoms with Crippen LogP contribution in [0.15, 0.2) is 48.8 Å². The van der Waals surface area contributed by atoms with Crippen LogP contribution in [0.1, 0.15) is 10.4 Å². The van der Waals surface area contributed by atoms with Crippen molar-refractivity contribution in [2.24, 2.45) is 0 Å². The van der Waals surface area contributed by atoms with E-state index in [0.29, 0.717) is 37.4 Å². The molecule has 0 bridgehead atoms.